The first-order chi connectivity index (χ1) is 6.44. The molecule has 6 heteroatoms. The Morgan fingerprint density at radius 2 is 2.00 bits per heavy atom. The third kappa shape index (κ3) is 3.40. The van der Waals surface area contributed by atoms with E-state index in [1.807, 2.05) is 0 Å². The van der Waals surface area contributed by atoms with E-state index in [0.29, 0.717) is 13.0 Å². The van der Waals surface area contributed by atoms with Gasteiger partial charge in [0.25, 0.3) is 0 Å². The summed E-state index contributed by atoms with van der Waals surface area (Å²) in [5, 5.41) is 0. The summed E-state index contributed by atoms with van der Waals surface area (Å²) in [7, 11) is 0. The van der Waals surface area contributed by atoms with E-state index in [9.17, 15) is 13.2 Å². The van der Waals surface area contributed by atoms with Crippen LogP contribution in [0.1, 0.15) is 13.3 Å². The Morgan fingerprint density at radius 1 is 1.36 bits per heavy atom. The summed E-state index contributed by atoms with van der Waals surface area (Å²) in [5.74, 6) is 0. The monoisotopic (exact) mass is 276 g/mol. The second-order valence-corrected chi connectivity index (χ2v) is 4.31. The van der Waals surface area contributed by atoms with Gasteiger partial charge in [-0.25, -0.2) is 0 Å². The molecule has 3 unspecified atom stereocenters. The Labute approximate surface area is 88.9 Å². The molecular formula is C8H12BrF3O2. The molecule has 0 saturated heterocycles. The average Bonchev–Trinajstić information content (AvgIpc) is 2.06. The van der Waals surface area contributed by atoms with E-state index >= 15 is 0 Å². The molecule has 1 aliphatic carbocycles. The summed E-state index contributed by atoms with van der Waals surface area (Å²) >= 11 is 3.30. The van der Waals surface area contributed by atoms with Crippen molar-refractivity contribution >= 4 is 15.9 Å². The van der Waals surface area contributed by atoms with Crippen LogP contribution in [0.5, 0.6) is 0 Å². The largest absolute Gasteiger partial charge is 0.411 e. The van der Waals surface area contributed by atoms with Gasteiger partial charge in [0.05, 0.1) is 12.2 Å². The smallest absolute Gasteiger partial charge is 0.375 e. The van der Waals surface area contributed by atoms with Crippen molar-refractivity contribution in [2.45, 2.75) is 36.6 Å². The first-order valence-electron chi connectivity index (χ1n) is 4.38. The fourth-order valence-electron chi connectivity index (χ4n) is 1.30. The second-order valence-electron chi connectivity index (χ2n) is 3.14. The Hall–Kier alpha value is 0.190. The molecule has 1 saturated carbocycles. The van der Waals surface area contributed by atoms with Crippen LogP contribution in [0.4, 0.5) is 13.2 Å². The van der Waals surface area contributed by atoms with Crippen molar-refractivity contribution in [2.24, 2.45) is 0 Å². The van der Waals surface area contributed by atoms with Gasteiger partial charge >= 0.3 is 6.18 Å². The Balaban J connectivity index is 2.26. The Kier molecular flexibility index (Phi) is 4.21. The lowest BCUT2D eigenvalue weighted by atomic mass is 9.91. The predicted octanol–water partition coefficient (Wildman–Crippen LogP) is 2.51. The zero-order valence-corrected chi connectivity index (χ0v) is 9.27. The minimum Gasteiger partial charge on any atom is -0.375 e. The molecule has 14 heavy (non-hydrogen) atoms. The third-order valence-electron chi connectivity index (χ3n) is 2.00. The van der Waals surface area contributed by atoms with Gasteiger partial charge < -0.3 is 9.47 Å². The van der Waals surface area contributed by atoms with Crippen LogP contribution in [0.15, 0.2) is 0 Å². The molecule has 0 bridgehead atoms. The van der Waals surface area contributed by atoms with Gasteiger partial charge in [-0.15, -0.1) is 0 Å². The highest BCUT2D eigenvalue weighted by Gasteiger charge is 2.43. The predicted molar refractivity (Wildman–Crippen MR) is 48.5 cm³/mol. The van der Waals surface area contributed by atoms with Crippen LogP contribution in [0, 0.1) is 0 Å². The number of hydrogen-bond donors (Lipinski definition) is 0. The van der Waals surface area contributed by atoms with Gasteiger partial charge in [-0.05, 0) is 13.3 Å². The molecule has 0 aromatic heterocycles. The highest BCUT2D eigenvalue weighted by molar-refractivity contribution is 9.09. The van der Waals surface area contributed by atoms with Crippen molar-refractivity contribution in [1.82, 2.24) is 0 Å². The molecule has 1 fully saturated rings. The van der Waals surface area contributed by atoms with E-state index in [1.165, 1.54) is 0 Å². The molecular weight excluding hydrogens is 265 g/mol. The summed E-state index contributed by atoms with van der Waals surface area (Å²) in [6.45, 7) is 1.10. The molecule has 1 aliphatic rings. The minimum atomic E-state index is -4.26. The van der Waals surface area contributed by atoms with Gasteiger partial charge in [0, 0.05) is 11.4 Å². The fourth-order valence-corrected chi connectivity index (χ4v) is 2.16. The first-order valence-corrected chi connectivity index (χ1v) is 5.29. The quantitative estimate of drug-likeness (QED) is 0.735. The average molecular weight is 277 g/mol. The summed E-state index contributed by atoms with van der Waals surface area (Å²) in [6.07, 6.45) is -4.36. The maximum atomic E-state index is 11.8. The van der Waals surface area contributed by atoms with Gasteiger partial charge in [-0.3, -0.25) is 0 Å². The van der Waals surface area contributed by atoms with Crippen LogP contribution in [0.2, 0.25) is 0 Å². The van der Waals surface area contributed by atoms with Crippen LogP contribution in [0.3, 0.4) is 0 Å². The highest BCUT2D eigenvalue weighted by atomic mass is 79.9. The van der Waals surface area contributed by atoms with E-state index < -0.39 is 18.9 Å². The molecule has 1 rings (SSSR count). The number of alkyl halides is 4. The highest BCUT2D eigenvalue weighted by Crippen LogP contribution is 2.34. The van der Waals surface area contributed by atoms with Crippen LogP contribution in [-0.2, 0) is 9.47 Å². The standard InChI is InChI=1S/C8H12BrF3O2/c1-2-13-7-5(9)3-6(7)14-4-8(10,11)12/h5-7H,2-4H2,1H3. The van der Waals surface area contributed by atoms with Crippen molar-refractivity contribution in [1.29, 1.82) is 0 Å². The molecule has 2 nitrogen and oxygen atoms in total. The lowest BCUT2D eigenvalue weighted by Crippen LogP contribution is -2.51. The number of halogens is 4. The van der Waals surface area contributed by atoms with Crippen molar-refractivity contribution in [3.63, 3.8) is 0 Å². The number of rotatable bonds is 4. The van der Waals surface area contributed by atoms with Crippen molar-refractivity contribution in [2.75, 3.05) is 13.2 Å². The molecule has 0 aliphatic heterocycles. The van der Waals surface area contributed by atoms with Crippen LogP contribution >= 0.6 is 15.9 Å². The summed E-state index contributed by atoms with van der Waals surface area (Å²) in [5.41, 5.74) is 0. The summed E-state index contributed by atoms with van der Waals surface area (Å²) in [4.78, 5) is 0.112. The molecule has 0 heterocycles. The summed E-state index contributed by atoms with van der Waals surface area (Å²) in [6, 6.07) is 0. The number of ether oxygens (including phenoxy) is 2. The fraction of sp³-hybridized carbons (Fsp3) is 1.00. The molecule has 0 aromatic rings. The van der Waals surface area contributed by atoms with Crippen molar-refractivity contribution in [3.8, 4) is 0 Å². The van der Waals surface area contributed by atoms with Gasteiger partial charge in [-0.1, -0.05) is 15.9 Å². The zero-order valence-electron chi connectivity index (χ0n) is 7.68. The van der Waals surface area contributed by atoms with E-state index in [1.54, 1.807) is 6.92 Å². The first kappa shape index (κ1) is 12.3. The van der Waals surface area contributed by atoms with Crippen molar-refractivity contribution in [3.05, 3.63) is 0 Å². The second kappa shape index (κ2) is 4.81. The molecule has 3 atom stereocenters. The summed E-state index contributed by atoms with van der Waals surface area (Å²) < 4.78 is 45.4. The van der Waals surface area contributed by atoms with E-state index in [-0.39, 0.29) is 10.9 Å². The van der Waals surface area contributed by atoms with E-state index in [2.05, 4.69) is 15.9 Å². The van der Waals surface area contributed by atoms with Gasteiger partial charge in [0.15, 0.2) is 0 Å². The third-order valence-corrected chi connectivity index (χ3v) is 2.90. The van der Waals surface area contributed by atoms with Gasteiger partial charge in [-0.2, -0.15) is 13.2 Å². The zero-order chi connectivity index (χ0) is 10.8. The maximum Gasteiger partial charge on any atom is 0.411 e. The van der Waals surface area contributed by atoms with Crippen LogP contribution < -0.4 is 0 Å². The molecule has 84 valence electrons. The van der Waals surface area contributed by atoms with Crippen molar-refractivity contribution < 1.29 is 22.6 Å². The van der Waals surface area contributed by atoms with Gasteiger partial charge in [0.1, 0.15) is 6.61 Å². The maximum absolute atomic E-state index is 11.8. The topological polar surface area (TPSA) is 18.5 Å². The minimum absolute atomic E-state index is 0.112. The molecule has 0 aromatic carbocycles. The molecule has 0 amide bonds. The molecule has 0 spiro atoms. The van der Waals surface area contributed by atoms with Crippen LogP contribution in [0.25, 0.3) is 0 Å². The van der Waals surface area contributed by atoms with Gasteiger partial charge in [0.2, 0.25) is 0 Å². The Morgan fingerprint density at radius 3 is 2.43 bits per heavy atom. The number of hydrogen-bond acceptors (Lipinski definition) is 2. The SMILES string of the molecule is CCOC1C(Br)CC1OCC(F)(F)F. The van der Waals surface area contributed by atoms with E-state index in [4.69, 9.17) is 9.47 Å². The lowest BCUT2D eigenvalue weighted by molar-refractivity contribution is -0.212. The molecule has 0 radical (unpaired) electrons. The van der Waals surface area contributed by atoms with E-state index in [0.717, 1.165) is 0 Å². The molecule has 0 N–H and O–H groups in total. The lowest BCUT2D eigenvalue weighted by Gasteiger charge is -2.40. The normalized spacial score (nSPS) is 32.8. The van der Waals surface area contributed by atoms with Crippen LogP contribution in [-0.4, -0.2) is 36.4 Å². The Bertz CT molecular complexity index is 186.